The molecule has 0 saturated heterocycles. The summed E-state index contributed by atoms with van der Waals surface area (Å²) in [7, 11) is 0. The van der Waals surface area contributed by atoms with Crippen molar-refractivity contribution in [2.75, 3.05) is 24.7 Å². The highest BCUT2D eigenvalue weighted by Crippen LogP contribution is 2.42. The van der Waals surface area contributed by atoms with Crippen LogP contribution in [0.3, 0.4) is 0 Å². The normalized spacial score (nSPS) is 18.5. The van der Waals surface area contributed by atoms with E-state index >= 15 is 0 Å². The molecule has 1 heterocycles. The average molecular weight is 465 g/mol. The largest absolute Gasteiger partial charge is 0.476 e. The van der Waals surface area contributed by atoms with E-state index in [0.717, 1.165) is 25.7 Å². The Morgan fingerprint density at radius 2 is 1.97 bits per heavy atom. The monoisotopic (exact) mass is 464 g/mol. The average Bonchev–Trinajstić information content (AvgIpc) is 2.73. The predicted molar refractivity (Wildman–Crippen MR) is 128 cm³/mol. The van der Waals surface area contributed by atoms with Crippen molar-refractivity contribution in [3.8, 4) is 5.75 Å². The maximum absolute atomic E-state index is 13.7. The third-order valence-corrected chi connectivity index (χ3v) is 6.64. The summed E-state index contributed by atoms with van der Waals surface area (Å²) in [5, 5.41) is 0.356. The van der Waals surface area contributed by atoms with Gasteiger partial charge in [0.25, 0.3) is 11.8 Å². The first-order valence-corrected chi connectivity index (χ1v) is 12.3. The lowest BCUT2D eigenvalue weighted by Crippen LogP contribution is -2.53. The van der Waals surface area contributed by atoms with Crippen LogP contribution in [0.25, 0.3) is 0 Å². The van der Waals surface area contributed by atoms with Gasteiger partial charge < -0.3 is 19.3 Å². The van der Waals surface area contributed by atoms with Crippen LogP contribution in [-0.2, 0) is 9.53 Å². The molecule has 6 nitrogen and oxygen atoms in total. The molecule has 0 atom stereocenters. The molecule has 1 aromatic carbocycles. The SMILES string of the molecule is CCOCCCN1C(=O)C(C)(C)Oc2cc(Cl)c(C(=O)N(C(C)C)C3CCCCC3)cc21. The zero-order valence-corrected chi connectivity index (χ0v) is 20.8. The molecular formula is C25H37ClN2O4. The first-order valence-electron chi connectivity index (χ1n) is 11.9. The summed E-state index contributed by atoms with van der Waals surface area (Å²) in [6, 6.07) is 3.72. The summed E-state index contributed by atoms with van der Waals surface area (Å²) in [5.41, 5.74) is 0.0287. The Morgan fingerprint density at radius 3 is 2.59 bits per heavy atom. The minimum atomic E-state index is -1.00. The van der Waals surface area contributed by atoms with Crippen LogP contribution in [0.5, 0.6) is 5.75 Å². The second kappa shape index (κ2) is 10.4. The van der Waals surface area contributed by atoms with Gasteiger partial charge in [0.05, 0.1) is 16.3 Å². The number of carbonyl (C=O) groups is 2. The molecule has 1 fully saturated rings. The second-order valence-electron chi connectivity index (χ2n) is 9.52. The van der Waals surface area contributed by atoms with Crippen LogP contribution in [0.15, 0.2) is 12.1 Å². The van der Waals surface area contributed by atoms with Crippen molar-refractivity contribution in [2.45, 2.75) is 90.8 Å². The lowest BCUT2D eigenvalue weighted by molar-refractivity contribution is -0.132. The van der Waals surface area contributed by atoms with Crippen LogP contribution < -0.4 is 9.64 Å². The fourth-order valence-electron chi connectivity index (χ4n) is 4.76. The van der Waals surface area contributed by atoms with Gasteiger partial charge in [-0.1, -0.05) is 30.9 Å². The smallest absolute Gasteiger partial charge is 0.270 e. The van der Waals surface area contributed by atoms with E-state index in [1.807, 2.05) is 25.7 Å². The number of hydrogen-bond donors (Lipinski definition) is 0. The van der Waals surface area contributed by atoms with Gasteiger partial charge >= 0.3 is 0 Å². The standard InChI is InChI=1S/C25H37ClN2O4/c1-6-31-14-10-13-27-21-15-19(20(26)16-22(21)32-25(4,5)24(27)30)23(29)28(17(2)3)18-11-8-7-9-12-18/h15-18H,6-14H2,1-5H3. The molecule has 0 unspecified atom stereocenters. The first kappa shape index (κ1) is 24.8. The predicted octanol–water partition coefficient (Wildman–Crippen LogP) is 5.45. The molecule has 2 amide bonds. The molecule has 32 heavy (non-hydrogen) atoms. The summed E-state index contributed by atoms with van der Waals surface area (Å²) in [6.45, 7) is 11.3. The molecule has 1 saturated carbocycles. The van der Waals surface area contributed by atoms with E-state index in [9.17, 15) is 9.59 Å². The van der Waals surface area contributed by atoms with Crippen LogP contribution in [0.1, 0.15) is 83.5 Å². The van der Waals surface area contributed by atoms with E-state index in [0.29, 0.717) is 48.2 Å². The van der Waals surface area contributed by atoms with Crippen LogP contribution in [0.4, 0.5) is 5.69 Å². The molecule has 0 N–H and O–H groups in total. The van der Waals surface area contributed by atoms with Crippen molar-refractivity contribution >= 4 is 29.1 Å². The first-order chi connectivity index (χ1) is 15.2. The Kier molecular flexibility index (Phi) is 8.10. The van der Waals surface area contributed by atoms with Gasteiger partial charge in [0, 0.05) is 37.9 Å². The second-order valence-corrected chi connectivity index (χ2v) is 9.92. The molecule has 3 rings (SSSR count). The molecule has 1 aliphatic carbocycles. The van der Waals surface area contributed by atoms with Crippen molar-refractivity contribution in [3.63, 3.8) is 0 Å². The minimum Gasteiger partial charge on any atom is -0.476 e. The van der Waals surface area contributed by atoms with Crippen molar-refractivity contribution in [2.24, 2.45) is 0 Å². The van der Waals surface area contributed by atoms with Gasteiger partial charge in [0.2, 0.25) is 0 Å². The van der Waals surface area contributed by atoms with Crippen LogP contribution in [0.2, 0.25) is 5.02 Å². The van der Waals surface area contributed by atoms with Gasteiger partial charge in [0.1, 0.15) is 5.75 Å². The van der Waals surface area contributed by atoms with Crippen molar-refractivity contribution in [3.05, 3.63) is 22.7 Å². The summed E-state index contributed by atoms with van der Waals surface area (Å²) in [5.74, 6) is 0.322. The van der Waals surface area contributed by atoms with Crippen LogP contribution in [0, 0.1) is 0 Å². The molecule has 0 spiro atoms. The third kappa shape index (κ3) is 5.23. The summed E-state index contributed by atoms with van der Waals surface area (Å²) < 4.78 is 11.5. The van der Waals surface area contributed by atoms with Gasteiger partial charge in [-0.25, -0.2) is 0 Å². The van der Waals surface area contributed by atoms with E-state index < -0.39 is 5.60 Å². The van der Waals surface area contributed by atoms with E-state index in [1.54, 1.807) is 30.9 Å². The number of nitrogens with zero attached hydrogens (tertiary/aromatic N) is 2. The van der Waals surface area contributed by atoms with Gasteiger partial charge in [-0.3, -0.25) is 9.59 Å². The molecular weight excluding hydrogens is 428 g/mol. The van der Waals surface area contributed by atoms with Crippen molar-refractivity contribution in [1.29, 1.82) is 0 Å². The van der Waals surface area contributed by atoms with Gasteiger partial charge in [-0.15, -0.1) is 0 Å². The Morgan fingerprint density at radius 1 is 1.28 bits per heavy atom. The molecule has 0 radical (unpaired) electrons. The Hall–Kier alpha value is -1.79. The number of anilines is 1. The number of amides is 2. The highest BCUT2D eigenvalue weighted by atomic mass is 35.5. The number of fused-ring (bicyclic) bond motifs is 1. The molecule has 178 valence electrons. The Balaban J connectivity index is 1.96. The van der Waals surface area contributed by atoms with E-state index in [-0.39, 0.29) is 23.9 Å². The maximum atomic E-state index is 13.7. The fourth-order valence-corrected chi connectivity index (χ4v) is 5.00. The molecule has 7 heteroatoms. The van der Waals surface area contributed by atoms with Crippen molar-refractivity contribution in [1.82, 2.24) is 4.90 Å². The topological polar surface area (TPSA) is 59.1 Å². The van der Waals surface area contributed by atoms with Gasteiger partial charge in [0.15, 0.2) is 5.60 Å². The Labute approximate surface area is 197 Å². The molecule has 0 aromatic heterocycles. The van der Waals surface area contributed by atoms with E-state index in [1.165, 1.54) is 6.42 Å². The Bertz CT molecular complexity index is 833. The van der Waals surface area contributed by atoms with Crippen LogP contribution in [-0.4, -0.2) is 54.2 Å². The van der Waals surface area contributed by atoms with Crippen LogP contribution >= 0.6 is 11.6 Å². The third-order valence-electron chi connectivity index (χ3n) is 6.33. The lowest BCUT2D eigenvalue weighted by atomic mass is 9.92. The number of ether oxygens (including phenoxy) is 2. The summed E-state index contributed by atoms with van der Waals surface area (Å²) in [6.07, 6.45) is 6.25. The zero-order chi connectivity index (χ0) is 23.5. The van der Waals surface area contributed by atoms with Crippen molar-refractivity contribution < 1.29 is 19.1 Å². The number of halogens is 1. The maximum Gasteiger partial charge on any atom is 0.270 e. The van der Waals surface area contributed by atoms with E-state index in [4.69, 9.17) is 21.1 Å². The number of carbonyl (C=O) groups excluding carboxylic acids is 2. The summed E-state index contributed by atoms with van der Waals surface area (Å²) in [4.78, 5) is 30.5. The molecule has 2 aliphatic rings. The zero-order valence-electron chi connectivity index (χ0n) is 20.1. The number of rotatable bonds is 8. The quantitative estimate of drug-likeness (QED) is 0.479. The minimum absolute atomic E-state index is 0.0665. The van der Waals surface area contributed by atoms with E-state index in [2.05, 4.69) is 0 Å². The highest BCUT2D eigenvalue weighted by Gasteiger charge is 2.42. The number of benzene rings is 1. The lowest BCUT2D eigenvalue weighted by Gasteiger charge is -2.40. The van der Waals surface area contributed by atoms with Gasteiger partial charge in [-0.2, -0.15) is 0 Å². The molecule has 1 aromatic rings. The highest BCUT2D eigenvalue weighted by molar-refractivity contribution is 6.34. The fraction of sp³-hybridized carbons (Fsp3) is 0.680. The summed E-state index contributed by atoms with van der Waals surface area (Å²) >= 11 is 6.62. The number of hydrogen-bond acceptors (Lipinski definition) is 4. The molecule has 0 bridgehead atoms. The molecule has 1 aliphatic heterocycles. The van der Waals surface area contributed by atoms with Gasteiger partial charge in [-0.05, 0) is 59.9 Å².